The molecule has 0 bridgehead atoms. The van der Waals surface area contributed by atoms with E-state index in [1.807, 2.05) is 71.9 Å². The predicted octanol–water partition coefficient (Wildman–Crippen LogP) is 5.88. The molecule has 1 N–H and O–H groups in total. The molecule has 1 aromatic heterocycles. The molecular weight excluding hydrogens is 446 g/mol. The first kappa shape index (κ1) is 24.0. The Hall–Kier alpha value is -3.19. The van der Waals surface area contributed by atoms with Crippen LogP contribution < -0.4 is 15.0 Å². The summed E-state index contributed by atoms with van der Waals surface area (Å²) in [5.41, 5.74) is 6.30. The monoisotopic (exact) mass is 477 g/mol. The van der Waals surface area contributed by atoms with Gasteiger partial charge >= 0.3 is 0 Å². The molecule has 34 heavy (non-hydrogen) atoms. The fourth-order valence-electron chi connectivity index (χ4n) is 4.61. The largest absolute Gasteiger partial charge is 0.478 e. The summed E-state index contributed by atoms with van der Waals surface area (Å²) in [6, 6.07) is 9.11. The van der Waals surface area contributed by atoms with Crippen LogP contribution in [0.2, 0.25) is 0 Å². The molecule has 1 aliphatic heterocycles. The smallest absolute Gasteiger partial charge is 0.268 e. The molecule has 0 fully saturated rings. The van der Waals surface area contributed by atoms with E-state index in [-0.39, 0.29) is 11.8 Å². The van der Waals surface area contributed by atoms with Gasteiger partial charge in [-0.25, -0.2) is 4.98 Å². The number of amides is 2. The molecule has 6 nitrogen and oxygen atoms in total. The third-order valence-electron chi connectivity index (χ3n) is 6.24. The number of hydrogen-bond donors (Lipinski definition) is 1. The summed E-state index contributed by atoms with van der Waals surface area (Å²) in [7, 11) is 0. The van der Waals surface area contributed by atoms with Gasteiger partial charge in [-0.1, -0.05) is 24.6 Å². The molecule has 0 spiro atoms. The fourth-order valence-corrected chi connectivity index (χ4v) is 5.45. The van der Waals surface area contributed by atoms with E-state index in [4.69, 9.17) is 4.74 Å². The van der Waals surface area contributed by atoms with E-state index in [2.05, 4.69) is 10.3 Å². The summed E-state index contributed by atoms with van der Waals surface area (Å²) in [4.78, 5) is 34.2. The summed E-state index contributed by atoms with van der Waals surface area (Å²) in [5.74, 6) is 0.151. The van der Waals surface area contributed by atoms with Crippen LogP contribution in [0, 0.1) is 34.6 Å². The van der Waals surface area contributed by atoms with Crippen molar-refractivity contribution >= 4 is 34.5 Å². The van der Waals surface area contributed by atoms with Crippen LogP contribution in [0.15, 0.2) is 30.3 Å². The van der Waals surface area contributed by atoms with Gasteiger partial charge in [0.15, 0.2) is 6.10 Å². The Morgan fingerprint density at radius 3 is 2.41 bits per heavy atom. The van der Waals surface area contributed by atoms with Gasteiger partial charge in [0, 0.05) is 16.1 Å². The molecule has 1 aliphatic rings. The Bertz CT molecular complexity index is 1260. The zero-order chi connectivity index (χ0) is 24.7. The van der Waals surface area contributed by atoms with Crippen molar-refractivity contribution in [3.8, 4) is 17.0 Å². The maximum Gasteiger partial charge on any atom is 0.268 e. The number of hydrogen-bond acceptors (Lipinski definition) is 5. The zero-order valence-corrected chi connectivity index (χ0v) is 21.6. The minimum Gasteiger partial charge on any atom is -0.478 e. The second-order valence-corrected chi connectivity index (χ2v) is 10.4. The molecule has 2 amide bonds. The molecule has 3 aromatic rings. The van der Waals surface area contributed by atoms with E-state index < -0.39 is 12.1 Å². The van der Waals surface area contributed by atoms with Crippen molar-refractivity contribution in [3.63, 3.8) is 0 Å². The Labute approximate surface area is 205 Å². The average Bonchev–Trinajstić information content (AvgIpc) is 3.12. The number of anilines is 2. The first-order valence-electron chi connectivity index (χ1n) is 11.6. The van der Waals surface area contributed by atoms with Crippen LogP contribution >= 0.6 is 11.3 Å². The SMILES string of the molecule is CCC1Oc2ccc(-c3nc(C)sc3C)cc2N(C(C)C(=O)Nc2c(C)cc(C)cc2C)C1=O. The molecule has 2 aromatic carbocycles. The second kappa shape index (κ2) is 9.22. The van der Waals surface area contributed by atoms with Crippen LogP contribution in [0.3, 0.4) is 0 Å². The van der Waals surface area contributed by atoms with E-state index in [0.717, 1.165) is 43.5 Å². The highest BCUT2D eigenvalue weighted by Crippen LogP contribution is 2.40. The van der Waals surface area contributed by atoms with E-state index >= 15 is 0 Å². The third kappa shape index (κ3) is 4.32. The molecule has 2 atom stereocenters. The molecule has 0 saturated carbocycles. The highest BCUT2D eigenvalue weighted by Gasteiger charge is 2.39. The standard InChI is InChI=1S/C27H31N3O3S/c1-8-22-27(32)30(17(5)26(31)29-24-15(3)11-14(2)12-16(24)4)21-13-20(9-10-23(21)33-22)25-18(6)34-19(7)28-25/h9-13,17,22H,8H2,1-7H3,(H,29,31). The van der Waals surface area contributed by atoms with Crippen LogP contribution in [-0.2, 0) is 9.59 Å². The number of carbonyl (C=O) groups excluding carboxylic acids is 2. The van der Waals surface area contributed by atoms with Crippen molar-refractivity contribution < 1.29 is 14.3 Å². The van der Waals surface area contributed by atoms with Crippen LogP contribution in [0.4, 0.5) is 11.4 Å². The second-order valence-electron chi connectivity index (χ2n) is 8.98. The van der Waals surface area contributed by atoms with Gasteiger partial charge in [0.1, 0.15) is 11.8 Å². The van der Waals surface area contributed by atoms with Crippen LogP contribution in [0.1, 0.15) is 46.8 Å². The van der Waals surface area contributed by atoms with Gasteiger partial charge in [-0.3, -0.25) is 14.5 Å². The van der Waals surface area contributed by atoms with Crippen molar-refractivity contribution in [1.29, 1.82) is 0 Å². The van der Waals surface area contributed by atoms with Crippen molar-refractivity contribution in [2.45, 2.75) is 67.0 Å². The van der Waals surface area contributed by atoms with Gasteiger partial charge in [0.25, 0.3) is 5.91 Å². The van der Waals surface area contributed by atoms with Crippen molar-refractivity contribution in [2.75, 3.05) is 10.2 Å². The number of nitrogens with zero attached hydrogens (tertiary/aromatic N) is 2. The zero-order valence-electron chi connectivity index (χ0n) is 20.8. The van der Waals surface area contributed by atoms with Gasteiger partial charge < -0.3 is 10.1 Å². The molecule has 0 radical (unpaired) electrons. The van der Waals surface area contributed by atoms with Crippen LogP contribution in [-0.4, -0.2) is 28.9 Å². The van der Waals surface area contributed by atoms with Gasteiger partial charge in [-0.15, -0.1) is 11.3 Å². The summed E-state index contributed by atoms with van der Waals surface area (Å²) in [5, 5.41) is 4.04. The average molecular weight is 478 g/mol. The number of aromatic nitrogens is 1. The Balaban J connectivity index is 1.73. The first-order valence-corrected chi connectivity index (χ1v) is 12.4. The van der Waals surface area contributed by atoms with E-state index in [1.54, 1.807) is 23.2 Å². The lowest BCUT2D eigenvalue weighted by Crippen LogP contribution is -2.53. The lowest BCUT2D eigenvalue weighted by atomic mass is 10.0. The molecule has 178 valence electrons. The topological polar surface area (TPSA) is 71.5 Å². The van der Waals surface area contributed by atoms with Gasteiger partial charge in [-0.05, 0) is 77.3 Å². The Morgan fingerprint density at radius 2 is 1.82 bits per heavy atom. The lowest BCUT2D eigenvalue weighted by molar-refractivity contribution is -0.129. The molecule has 2 heterocycles. The summed E-state index contributed by atoms with van der Waals surface area (Å²) < 4.78 is 6.01. The Kier molecular flexibility index (Phi) is 6.49. The highest BCUT2D eigenvalue weighted by atomic mass is 32.1. The number of nitrogens with one attached hydrogen (secondary N) is 1. The molecule has 0 saturated heterocycles. The van der Waals surface area contributed by atoms with Gasteiger partial charge in [-0.2, -0.15) is 0 Å². The van der Waals surface area contributed by atoms with E-state index in [1.165, 1.54) is 0 Å². The summed E-state index contributed by atoms with van der Waals surface area (Å²) in [6.45, 7) is 13.7. The number of aryl methyl sites for hydroxylation is 5. The number of fused-ring (bicyclic) bond motifs is 1. The molecular formula is C27H31N3O3S. The lowest BCUT2D eigenvalue weighted by Gasteiger charge is -2.37. The molecule has 7 heteroatoms. The number of benzene rings is 2. The molecule has 0 aliphatic carbocycles. The number of ether oxygens (including phenoxy) is 1. The normalized spacial score (nSPS) is 16.1. The fraction of sp³-hybridized carbons (Fsp3) is 0.370. The number of thiazole rings is 1. The molecule has 4 rings (SSSR count). The maximum atomic E-state index is 13.4. The van der Waals surface area contributed by atoms with Gasteiger partial charge in [0.05, 0.1) is 16.4 Å². The summed E-state index contributed by atoms with van der Waals surface area (Å²) in [6.07, 6.45) is -0.106. The van der Waals surface area contributed by atoms with Crippen molar-refractivity contribution in [3.05, 3.63) is 56.9 Å². The first-order chi connectivity index (χ1) is 16.1. The minimum absolute atomic E-state index is 0.210. The van der Waals surface area contributed by atoms with E-state index in [9.17, 15) is 9.59 Å². The molecule has 2 unspecified atom stereocenters. The number of carbonyl (C=O) groups is 2. The summed E-state index contributed by atoms with van der Waals surface area (Å²) >= 11 is 1.64. The van der Waals surface area contributed by atoms with Gasteiger partial charge in [0.2, 0.25) is 5.91 Å². The van der Waals surface area contributed by atoms with Crippen LogP contribution in [0.25, 0.3) is 11.3 Å². The van der Waals surface area contributed by atoms with Crippen molar-refractivity contribution in [2.24, 2.45) is 0 Å². The Morgan fingerprint density at radius 1 is 1.15 bits per heavy atom. The quantitative estimate of drug-likeness (QED) is 0.498. The van der Waals surface area contributed by atoms with Crippen LogP contribution in [0.5, 0.6) is 5.75 Å². The number of rotatable bonds is 5. The minimum atomic E-state index is -0.724. The van der Waals surface area contributed by atoms with Crippen molar-refractivity contribution in [1.82, 2.24) is 4.98 Å². The van der Waals surface area contributed by atoms with E-state index in [0.29, 0.717) is 17.9 Å². The predicted molar refractivity (Wildman–Crippen MR) is 138 cm³/mol. The maximum absolute atomic E-state index is 13.4. The third-order valence-corrected chi connectivity index (χ3v) is 7.13. The highest BCUT2D eigenvalue weighted by molar-refractivity contribution is 7.11.